The van der Waals surface area contributed by atoms with Crippen molar-refractivity contribution in [3.63, 3.8) is 0 Å². The summed E-state index contributed by atoms with van der Waals surface area (Å²) in [5.74, 6) is 1.61. The maximum absolute atomic E-state index is 5.86. The van der Waals surface area contributed by atoms with E-state index in [-0.39, 0.29) is 0 Å². The molecule has 1 aromatic heterocycles. The average molecular weight is 221 g/mol. The standard InChI is InChI=1S/C13H23N3/c1-10(2)6-4-5-7-15-13-12(14)8-11(3)9-16-13/h8-10H,4-7,14H2,1-3H3,(H,15,16). The van der Waals surface area contributed by atoms with Gasteiger partial charge in [-0.3, -0.25) is 0 Å². The highest BCUT2D eigenvalue weighted by atomic mass is 15.0. The van der Waals surface area contributed by atoms with E-state index < -0.39 is 0 Å². The van der Waals surface area contributed by atoms with Gasteiger partial charge in [-0.05, 0) is 30.9 Å². The Morgan fingerprint density at radius 1 is 1.38 bits per heavy atom. The summed E-state index contributed by atoms with van der Waals surface area (Å²) in [6.45, 7) is 7.46. The van der Waals surface area contributed by atoms with E-state index >= 15 is 0 Å². The maximum atomic E-state index is 5.86. The molecule has 0 saturated carbocycles. The number of nitrogens with one attached hydrogen (secondary N) is 1. The summed E-state index contributed by atoms with van der Waals surface area (Å²) in [5, 5.41) is 3.28. The van der Waals surface area contributed by atoms with Crippen LogP contribution < -0.4 is 11.1 Å². The van der Waals surface area contributed by atoms with Crippen LogP contribution in [0.15, 0.2) is 12.3 Å². The quantitative estimate of drug-likeness (QED) is 0.725. The van der Waals surface area contributed by atoms with Crippen molar-refractivity contribution in [1.29, 1.82) is 0 Å². The van der Waals surface area contributed by atoms with Crippen molar-refractivity contribution < 1.29 is 0 Å². The lowest BCUT2D eigenvalue weighted by Gasteiger charge is -2.09. The number of hydrogen-bond donors (Lipinski definition) is 2. The second-order valence-corrected chi connectivity index (χ2v) is 4.77. The minimum absolute atomic E-state index is 0.740. The van der Waals surface area contributed by atoms with Crippen molar-refractivity contribution >= 4 is 11.5 Å². The number of aromatic nitrogens is 1. The molecule has 1 aromatic rings. The highest BCUT2D eigenvalue weighted by Gasteiger charge is 2.00. The van der Waals surface area contributed by atoms with Crippen LogP contribution in [0, 0.1) is 12.8 Å². The Balaban J connectivity index is 2.27. The fourth-order valence-corrected chi connectivity index (χ4v) is 1.62. The second kappa shape index (κ2) is 6.36. The van der Waals surface area contributed by atoms with E-state index in [4.69, 9.17) is 5.73 Å². The summed E-state index contributed by atoms with van der Waals surface area (Å²) in [7, 11) is 0. The molecule has 3 nitrogen and oxygen atoms in total. The SMILES string of the molecule is Cc1cnc(NCCCCC(C)C)c(N)c1. The average Bonchev–Trinajstić information content (AvgIpc) is 2.20. The van der Waals surface area contributed by atoms with Gasteiger partial charge in [-0.15, -0.1) is 0 Å². The first-order valence-corrected chi connectivity index (χ1v) is 6.05. The first kappa shape index (κ1) is 12.8. The smallest absolute Gasteiger partial charge is 0.149 e. The summed E-state index contributed by atoms with van der Waals surface area (Å²) >= 11 is 0. The molecule has 0 unspecified atom stereocenters. The predicted molar refractivity (Wildman–Crippen MR) is 70.6 cm³/mol. The molecular formula is C13H23N3. The Bertz CT molecular complexity index is 321. The summed E-state index contributed by atoms with van der Waals surface area (Å²) in [4.78, 5) is 4.27. The topological polar surface area (TPSA) is 50.9 Å². The van der Waals surface area contributed by atoms with Crippen LogP contribution in [0.4, 0.5) is 11.5 Å². The van der Waals surface area contributed by atoms with Crippen LogP contribution in [0.2, 0.25) is 0 Å². The third-order valence-corrected chi connectivity index (χ3v) is 2.55. The van der Waals surface area contributed by atoms with Crippen LogP contribution in [0.25, 0.3) is 0 Å². The largest absolute Gasteiger partial charge is 0.396 e. The third-order valence-electron chi connectivity index (χ3n) is 2.55. The molecule has 3 heteroatoms. The zero-order valence-corrected chi connectivity index (χ0v) is 10.6. The van der Waals surface area contributed by atoms with E-state index in [9.17, 15) is 0 Å². The molecular weight excluding hydrogens is 198 g/mol. The van der Waals surface area contributed by atoms with Gasteiger partial charge in [0, 0.05) is 12.7 Å². The zero-order chi connectivity index (χ0) is 12.0. The first-order valence-electron chi connectivity index (χ1n) is 6.05. The van der Waals surface area contributed by atoms with E-state index in [2.05, 4.69) is 24.1 Å². The molecule has 0 atom stereocenters. The molecule has 0 aliphatic heterocycles. The molecule has 0 aliphatic rings. The molecule has 0 amide bonds. The van der Waals surface area contributed by atoms with Gasteiger partial charge in [0.1, 0.15) is 5.82 Å². The molecule has 1 heterocycles. The minimum Gasteiger partial charge on any atom is -0.396 e. The molecule has 0 aromatic carbocycles. The van der Waals surface area contributed by atoms with Crippen LogP contribution >= 0.6 is 0 Å². The number of pyridine rings is 1. The fourth-order valence-electron chi connectivity index (χ4n) is 1.62. The Morgan fingerprint density at radius 3 is 2.75 bits per heavy atom. The number of aryl methyl sites for hydroxylation is 1. The fraction of sp³-hybridized carbons (Fsp3) is 0.615. The molecule has 90 valence electrons. The van der Waals surface area contributed by atoms with Crippen molar-refractivity contribution in [3.05, 3.63) is 17.8 Å². The molecule has 0 spiro atoms. The maximum Gasteiger partial charge on any atom is 0.149 e. The Hall–Kier alpha value is -1.25. The third kappa shape index (κ3) is 4.51. The lowest BCUT2D eigenvalue weighted by atomic mass is 10.1. The first-order chi connectivity index (χ1) is 7.59. The predicted octanol–water partition coefficient (Wildman–Crippen LogP) is 3.21. The molecule has 3 N–H and O–H groups in total. The molecule has 0 saturated heterocycles. The minimum atomic E-state index is 0.740. The Morgan fingerprint density at radius 2 is 2.12 bits per heavy atom. The number of unbranched alkanes of at least 4 members (excludes halogenated alkanes) is 1. The van der Waals surface area contributed by atoms with Crippen molar-refractivity contribution in [3.8, 4) is 0 Å². The lowest BCUT2D eigenvalue weighted by Crippen LogP contribution is -2.06. The van der Waals surface area contributed by atoms with E-state index in [1.807, 2.05) is 19.2 Å². The molecule has 0 aliphatic carbocycles. The van der Waals surface area contributed by atoms with Crippen LogP contribution in [-0.2, 0) is 0 Å². The van der Waals surface area contributed by atoms with Crippen molar-refractivity contribution in [2.24, 2.45) is 5.92 Å². The van der Waals surface area contributed by atoms with Gasteiger partial charge in [-0.2, -0.15) is 0 Å². The molecule has 0 bridgehead atoms. The normalized spacial score (nSPS) is 10.8. The summed E-state index contributed by atoms with van der Waals surface area (Å²) in [6, 6.07) is 1.95. The second-order valence-electron chi connectivity index (χ2n) is 4.77. The van der Waals surface area contributed by atoms with Gasteiger partial charge >= 0.3 is 0 Å². The van der Waals surface area contributed by atoms with Gasteiger partial charge in [-0.1, -0.05) is 26.7 Å². The number of hydrogen-bond acceptors (Lipinski definition) is 3. The lowest BCUT2D eigenvalue weighted by molar-refractivity contribution is 0.544. The highest BCUT2D eigenvalue weighted by molar-refractivity contribution is 5.61. The van der Waals surface area contributed by atoms with Gasteiger partial charge in [0.05, 0.1) is 5.69 Å². The van der Waals surface area contributed by atoms with Gasteiger partial charge < -0.3 is 11.1 Å². The van der Waals surface area contributed by atoms with E-state index in [0.717, 1.165) is 29.5 Å². The van der Waals surface area contributed by atoms with Crippen molar-refractivity contribution in [2.45, 2.75) is 40.0 Å². The van der Waals surface area contributed by atoms with Crippen LogP contribution in [0.5, 0.6) is 0 Å². The van der Waals surface area contributed by atoms with Gasteiger partial charge in [0.25, 0.3) is 0 Å². The van der Waals surface area contributed by atoms with Gasteiger partial charge in [0.2, 0.25) is 0 Å². The zero-order valence-electron chi connectivity index (χ0n) is 10.6. The van der Waals surface area contributed by atoms with Gasteiger partial charge in [-0.25, -0.2) is 4.98 Å². The van der Waals surface area contributed by atoms with E-state index in [1.165, 1.54) is 19.3 Å². The van der Waals surface area contributed by atoms with Crippen molar-refractivity contribution in [2.75, 3.05) is 17.6 Å². The molecule has 0 fully saturated rings. The number of nitrogens with two attached hydrogens (primary N) is 1. The van der Waals surface area contributed by atoms with E-state index in [1.54, 1.807) is 0 Å². The Labute approximate surface area is 98.5 Å². The number of rotatable bonds is 6. The Kier molecular flexibility index (Phi) is 5.09. The number of nitrogens with zero attached hydrogens (tertiary/aromatic N) is 1. The monoisotopic (exact) mass is 221 g/mol. The van der Waals surface area contributed by atoms with Crippen LogP contribution in [0.3, 0.4) is 0 Å². The van der Waals surface area contributed by atoms with E-state index in [0.29, 0.717) is 0 Å². The molecule has 0 radical (unpaired) electrons. The summed E-state index contributed by atoms with van der Waals surface area (Å²) in [6.07, 6.45) is 5.56. The van der Waals surface area contributed by atoms with Crippen LogP contribution in [-0.4, -0.2) is 11.5 Å². The van der Waals surface area contributed by atoms with Gasteiger partial charge in [0.15, 0.2) is 0 Å². The number of nitrogen functional groups attached to an aromatic ring is 1. The molecule has 1 rings (SSSR count). The van der Waals surface area contributed by atoms with Crippen LogP contribution in [0.1, 0.15) is 38.7 Å². The summed E-state index contributed by atoms with van der Waals surface area (Å²) in [5.41, 5.74) is 7.70. The molecule has 16 heavy (non-hydrogen) atoms. The highest BCUT2D eigenvalue weighted by Crippen LogP contribution is 2.16. The van der Waals surface area contributed by atoms with Crippen molar-refractivity contribution in [1.82, 2.24) is 4.98 Å². The summed E-state index contributed by atoms with van der Waals surface area (Å²) < 4.78 is 0. The number of anilines is 2.